The Balaban J connectivity index is 2.68. The second-order valence-corrected chi connectivity index (χ2v) is 3.74. The van der Waals surface area contributed by atoms with Crippen LogP contribution in [0, 0.1) is 0 Å². The number of amides is 2. The van der Waals surface area contributed by atoms with Crippen LogP contribution in [0.4, 0.5) is 4.79 Å². The predicted molar refractivity (Wildman–Crippen MR) is 68.2 cm³/mol. The van der Waals surface area contributed by atoms with Gasteiger partial charge in [-0.2, -0.15) is 0 Å². The minimum Gasteiger partial charge on any atom is -0.497 e. The molecule has 1 rings (SSSR count). The number of ether oxygens (including phenoxy) is 1. The summed E-state index contributed by atoms with van der Waals surface area (Å²) < 4.78 is 5.10. The number of rotatable bonds is 5. The summed E-state index contributed by atoms with van der Waals surface area (Å²) in [6.45, 7) is 4.57. The number of benzene rings is 1. The average molecular weight is 236 g/mol. The molecule has 0 aliphatic heterocycles. The smallest absolute Gasteiger partial charge is 0.315 e. The van der Waals surface area contributed by atoms with E-state index >= 15 is 0 Å². The number of nitrogens with one attached hydrogen (secondary N) is 2. The molecule has 4 nitrogen and oxygen atoms in total. The van der Waals surface area contributed by atoms with Crippen LogP contribution in [0.2, 0.25) is 0 Å². The molecule has 0 saturated heterocycles. The largest absolute Gasteiger partial charge is 0.497 e. The van der Waals surface area contributed by atoms with Crippen LogP contribution < -0.4 is 15.4 Å². The molecule has 1 unspecified atom stereocenters. The average Bonchev–Trinajstić information content (AvgIpc) is 2.36. The molecule has 1 aromatic rings. The molecule has 0 bridgehead atoms. The molecule has 0 fully saturated rings. The molecule has 2 N–H and O–H groups in total. The Morgan fingerprint density at radius 3 is 2.41 bits per heavy atom. The standard InChI is InChI=1S/C13H20N2O2/c1-4-12(15-13(16)14-5-2)10-6-8-11(17-3)9-7-10/h6-9,12H,4-5H2,1-3H3,(H2,14,15,16). The molecule has 0 saturated carbocycles. The predicted octanol–water partition coefficient (Wildman–Crippen LogP) is 2.47. The third-order valence-corrected chi connectivity index (χ3v) is 2.57. The summed E-state index contributed by atoms with van der Waals surface area (Å²) in [5.41, 5.74) is 1.08. The zero-order valence-electron chi connectivity index (χ0n) is 10.6. The molecular formula is C13H20N2O2. The van der Waals surface area contributed by atoms with Gasteiger partial charge >= 0.3 is 6.03 Å². The van der Waals surface area contributed by atoms with Crippen molar-refractivity contribution in [3.05, 3.63) is 29.8 Å². The van der Waals surface area contributed by atoms with Gasteiger partial charge in [0.2, 0.25) is 0 Å². The molecule has 1 aromatic carbocycles. The lowest BCUT2D eigenvalue weighted by atomic mass is 10.0. The first-order valence-corrected chi connectivity index (χ1v) is 5.89. The van der Waals surface area contributed by atoms with E-state index in [0.717, 1.165) is 17.7 Å². The first-order chi connectivity index (χ1) is 8.21. The summed E-state index contributed by atoms with van der Waals surface area (Å²) in [5, 5.41) is 5.66. The van der Waals surface area contributed by atoms with Gasteiger partial charge in [-0.25, -0.2) is 4.79 Å². The monoisotopic (exact) mass is 236 g/mol. The molecule has 0 radical (unpaired) electrons. The maximum absolute atomic E-state index is 11.5. The van der Waals surface area contributed by atoms with Crippen LogP contribution in [-0.2, 0) is 0 Å². The number of carbonyl (C=O) groups excluding carboxylic acids is 1. The summed E-state index contributed by atoms with van der Waals surface area (Å²) in [7, 11) is 1.64. The Labute approximate surface area is 102 Å². The van der Waals surface area contributed by atoms with Gasteiger partial charge in [-0.3, -0.25) is 0 Å². The van der Waals surface area contributed by atoms with Gasteiger partial charge in [0.1, 0.15) is 5.75 Å². The molecule has 1 atom stereocenters. The van der Waals surface area contributed by atoms with Gasteiger partial charge in [0.05, 0.1) is 13.2 Å². The maximum atomic E-state index is 11.5. The molecule has 2 amide bonds. The highest BCUT2D eigenvalue weighted by molar-refractivity contribution is 5.74. The van der Waals surface area contributed by atoms with Crippen molar-refractivity contribution in [3.63, 3.8) is 0 Å². The fraction of sp³-hybridized carbons (Fsp3) is 0.462. The van der Waals surface area contributed by atoms with E-state index in [0.29, 0.717) is 6.54 Å². The summed E-state index contributed by atoms with van der Waals surface area (Å²) in [6, 6.07) is 7.65. The van der Waals surface area contributed by atoms with Crippen LogP contribution in [0.1, 0.15) is 31.9 Å². The van der Waals surface area contributed by atoms with E-state index in [1.165, 1.54) is 0 Å². The SMILES string of the molecule is CCNC(=O)NC(CC)c1ccc(OC)cc1. The Morgan fingerprint density at radius 1 is 1.29 bits per heavy atom. The van der Waals surface area contributed by atoms with Gasteiger partial charge in [0.15, 0.2) is 0 Å². The fourth-order valence-corrected chi connectivity index (χ4v) is 1.63. The quantitative estimate of drug-likeness (QED) is 0.825. The van der Waals surface area contributed by atoms with Gasteiger partial charge in [0.25, 0.3) is 0 Å². The van der Waals surface area contributed by atoms with Crippen molar-refractivity contribution in [2.75, 3.05) is 13.7 Å². The number of hydrogen-bond acceptors (Lipinski definition) is 2. The van der Waals surface area contributed by atoms with Crippen LogP contribution in [-0.4, -0.2) is 19.7 Å². The number of urea groups is 1. The minimum atomic E-state index is -0.129. The van der Waals surface area contributed by atoms with E-state index < -0.39 is 0 Å². The number of carbonyl (C=O) groups is 1. The molecule has 0 aliphatic rings. The Hall–Kier alpha value is -1.71. The van der Waals surface area contributed by atoms with Crippen LogP contribution in [0.15, 0.2) is 24.3 Å². The van der Waals surface area contributed by atoms with Crippen molar-refractivity contribution in [1.82, 2.24) is 10.6 Å². The van der Waals surface area contributed by atoms with Crippen molar-refractivity contribution < 1.29 is 9.53 Å². The molecular weight excluding hydrogens is 216 g/mol. The topological polar surface area (TPSA) is 50.4 Å². The normalized spacial score (nSPS) is 11.7. The lowest BCUT2D eigenvalue weighted by Gasteiger charge is -2.17. The first kappa shape index (κ1) is 13.4. The molecule has 4 heteroatoms. The summed E-state index contributed by atoms with van der Waals surface area (Å²) in [4.78, 5) is 11.5. The molecule has 0 spiro atoms. The lowest BCUT2D eigenvalue weighted by molar-refractivity contribution is 0.237. The van der Waals surface area contributed by atoms with E-state index in [9.17, 15) is 4.79 Å². The van der Waals surface area contributed by atoms with Crippen LogP contribution in [0.5, 0.6) is 5.75 Å². The molecule has 0 aliphatic carbocycles. The van der Waals surface area contributed by atoms with Crippen molar-refractivity contribution in [2.24, 2.45) is 0 Å². The molecule has 94 valence electrons. The first-order valence-electron chi connectivity index (χ1n) is 5.89. The van der Waals surface area contributed by atoms with Crippen molar-refractivity contribution in [2.45, 2.75) is 26.3 Å². The maximum Gasteiger partial charge on any atom is 0.315 e. The van der Waals surface area contributed by atoms with Gasteiger partial charge < -0.3 is 15.4 Å². The summed E-state index contributed by atoms with van der Waals surface area (Å²) in [5.74, 6) is 0.821. The summed E-state index contributed by atoms with van der Waals surface area (Å²) in [6.07, 6.45) is 0.851. The van der Waals surface area contributed by atoms with Crippen LogP contribution in [0.25, 0.3) is 0 Å². The Bertz CT molecular complexity index is 349. The second kappa shape index (κ2) is 6.78. The minimum absolute atomic E-state index is 0.0347. The van der Waals surface area contributed by atoms with Gasteiger partial charge in [-0.15, -0.1) is 0 Å². The van der Waals surface area contributed by atoms with Gasteiger partial charge in [-0.05, 0) is 31.0 Å². The third-order valence-electron chi connectivity index (χ3n) is 2.57. The zero-order valence-corrected chi connectivity index (χ0v) is 10.6. The van der Waals surface area contributed by atoms with Gasteiger partial charge in [0, 0.05) is 6.54 Å². The molecule has 17 heavy (non-hydrogen) atoms. The number of methoxy groups -OCH3 is 1. The van der Waals surface area contributed by atoms with E-state index in [4.69, 9.17) is 4.74 Å². The molecule has 0 aromatic heterocycles. The Morgan fingerprint density at radius 2 is 1.94 bits per heavy atom. The highest BCUT2D eigenvalue weighted by Gasteiger charge is 2.11. The van der Waals surface area contributed by atoms with E-state index in [2.05, 4.69) is 10.6 Å². The van der Waals surface area contributed by atoms with Gasteiger partial charge in [-0.1, -0.05) is 19.1 Å². The van der Waals surface area contributed by atoms with Crippen molar-refractivity contribution >= 4 is 6.03 Å². The fourth-order valence-electron chi connectivity index (χ4n) is 1.63. The van der Waals surface area contributed by atoms with Crippen LogP contribution in [0.3, 0.4) is 0 Å². The van der Waals surface area contributed by atoms with E-state index in [1.54, 1.807) is 7.11 Å². The zero-order chi connectivity index (χ0) is 12.7. The van der Waals surface area contributed by atoms with Crippen molar-refractivity contribution in [3.8, 4) is 5.75 Å². The highest BCUT2D eigenvalue weighted by Crippen LogP contribution is 2.19. The van der Waals surface area contributed by atoms with E-state index in [1.807, 2.05) is 38.1 Å². The molecule has 0 heterocycles. The second-order valence-electron chi connectivity index (χ2n) is 3.74. The number of hydrogen-bond donors (Lipinski definition) is 2. The third kappa shape index (κ3) is 3.98. The Kier molecular flexibility index (Phi) is 5.33. The van der Waals surface area contributed by atoms with Crippen molar-refractivity contribution in [1.29, 1.82) is 0 Å². The van der Waals surface area contributed by atoms with Crippen LogP contribution >= 0.6 is 0 Å². The highest BCUT2D eigenvalue weighted by atomic mass is 16.5. The summed E-state index contributed by atoms with van der Waals surface area (Å²) >= 11 is 0. The lowest BCUT2D eigenvalue weighted by Crippen LogP contribution is -2.37. The van der Waals surface area contributed by atoms with E-state index in [-0.39, 0.29) is 12.1 Å².